The van der Waals surface area contributed by atoms with E-state index >= 15 is 0 Å². The molecular weight excluding hydrogens is 259 g/mol. The Hall–Kier alpha value is -0.261. The summed E-state index contributed by atoms with van der Waals surface area (Å²) in [5.74, 6) is 1.79. The Labute approximate surface area is 109 Å². The van der Waals surface area contributed by atoms with E-state index in [0.29, 0.717) is 17.8 Å². The number of hydrogen-bond donors (Lipinski definition) is 0. The van der Waals surface area contributed by atoms with Crippen molar-refractivity contribution in [3.8, 4) is 0 Å². The summed E-state index contributed by atoms with van der Waals surface area (Å²) in [6.45, 7) is 13.6. The van der Waals surface area contributed by atoms with Gasteiger partial charge in [0, 0.05) is 0 Å². The van der Waals surface area contributed by atoms with Gasteiger partial charge in [-0.05, 0) is 0 Å². The molecule has 0 nitrogen and oxygen atoms in total. The number of rotatable bonds is 3. The summed E-state index contributed by atoms with van der Waals surface area (Å²) in [5.41, 5.74) is 4.40. The van der Waals surface area contributed by atoms with Crippen molar-refractivity contribution < 1.29 is 0 Å². The Balaban J connectivity index is 3.39. The molecule has 0 saturated carbocycles. The van der Waals surface area contributed by atoms with Gasteiger partial charge in [-0.1, -0.05) is 0 Å². The zero-order valence-corrected chi connectivity index (χ0v) is 13.0. The fourth-order valence-corrected chi connectivity index (χ4v) is 3.13. The molecule has 0 heterocycles. The Morgan fingerprint density at radius 3 is 1.38 bits per heavy atom. The fourth-order valence-electron chi connectivity index (χ4n) is 1.89. The van der Waals surface area contributed by atoms with Crippen LogP contribution < -0.4 is 4.46 Å². The molecule has 0 saturated heterocycles. The zero-order valence-electron chi connectivity index (χ0n) is 11.3. The summed E-state index contributed by atoms with van der Waals surface area (Å²) >= 11 is 3.27. The second-order valence-electron chi connectivity index (χ2n) is 5.49. The van der Waals surface area contributed by atoms with Crippen LogP contribution in [0.3, 0.4) is 0 Å². The van der Waals surface area contributed by atoms with E-state index in [1.165, 1.54) is 21.2 Å². The van der Waals surface area contributed by atoms with Gasteiger partial charge in [-0.3, -0.25) is 0 Å². The minimum absolute atomic E-state index is 0.590. The Bertz CT molecular complexity index is 333. The van der Waals surface area contributed by atoms with Gasteiger partial charge >= 0.3 is 109 Å². The van der Waals surface area contributed by atoms with Gasteiger partial charge < -0.3 is 0 Å². The molecule has 0 fully saturated rings. The van der Waals surface area contributed by atoms with Crippen molar-refractivity contribution in [2.45, 2.75) is 59.3 Å². The Morgan fingerprint density at radius 2 is 1.12 bits per heavy atom. The van der Waals surface area contributed by atoms with Crippen LogP contribution in [-0.2, 0) is 0 Å². The quantitative estimate of drug-likeness (QED) is 0.739. The molecule has 0 unspecified atom stereocenters. The van der Waals surface area contributed by atoms with Gasteiger partial charge in [0.2, 0.25) is 0 Å². The maximum absolute atomic E-state index is 3.27. The SMILES string of the molecule is CC(C)c1cc(C(C)C)c([Se])c(C(C)C)c1. The first-order valence-corrected chi connectivity index (χ1v) is 7.05. The third-order valence-corrected chi connectivity index (χ3v) is 4.07. The second-order valence-corrected chi connectivity index (χ2v) is 6.35. The first-order valence-electron chi connectivity index (χ1n) is 6.19. The summed E-state index contributed by atoms with van der Waals surface area (Å²) in [6, 6.07) is 4.74. The third kappa shape index (κ3) is 2.90. The van der Waals surface area contributed by atoms with Crippen molar-refractivity contribution in [3.63, 3.8) is 0 Å². The van der Waals surface area contributed by atoms with Gasteiger partial charge in [-0.2, -0.15) is 0 Å². The van der Waals surface area contributed by atoms with Crippen LogP contribution in [0.2, 0.25) is 0 Å². The monoisotopic (exact) mass is 283 g/mol. The summed E-state index contributed by atoms with van der Waals surface area (Å²) in [4.78, 5) is 0. The third-order valence-electron chi connectivity index (χ3n) is 3.08. The predicted octanol–water partition coefficient (Wildman–Crippen LogP) is 3.85. The molecule has 0 amide bonds. The summed E-state index contributed by atoms with van der Waals surface area (Å²) in [7, 11) is 0. The molecule has 0 aliphatic heterocycles. The molecule has 89 valence electrons. The van der Waals surface area contributed by atoms with E-state index in [9.17, 15) is 0 Å². The molecule has 1 aromatic carbocycles. The van der Waals surface area contributed by atoms with Crippen LogP contribution in [-0.4, -0.2) is 16.0 Å². The Kier molecular flexibility index (Phi) is 4.64. The van der Waals surface area contributed by atoms with Crippen molar-refractivity contribution in [2.24, 2.45) is 0 Å². The number of hydrogen-bond acceptors (Lipinski definition) is 0. The molecule has 0 spiro atoms. The van der Waals surface area contributed by atoms with E-state index in [1.807, 2.05) is 0 Å². The van der Waals surface area contributed by atoms with E-state index in [0.717, 1.165) is 0 Å². The average molecular weight is 282 g/mol. The van der Waals surface area contributed by atoms with E-state index in [2.05, 4.69) is 69.7 Å². The summed E-state index contributed by atoms with van der Waals surface area (Å²) in [6.07, 6.45) is 0. The molecule has 1 radical (unpaired) electrons. The van der Waals surface area contributed by atoms with Crippen LogP contribution in [0.5, 0.6) is 0 Å². The van der Waals surface area contributed by atoms with Gasteiger partial charge in [-0.15, -0.1) is 0 Å². The van der Waals surface area contributed by atoms with Crippen LogP contribution in [0.25, 0.3) is 0 Å². The van der Waals surface area contributed by atoms with Gasteiger partial charge in [-0.25, -0.2) is 0 Å². The average Bonchev–Trinajstić information content (AvgIpc) is 2.16. The topological polar surface area (TPSA) is 0 Å². The van der Waals surface area contributed by atoms with Gasteiger partial charge in [0.25, 0.3) is 0 Å². The van der Waals surface area contributed by atoms with Gasteiger partial charge in [0.1, 0.15) is 0 Å². The standard InChI is InChI=1S/C15H23Se/c1-9(2)12-7-13(10(3)4)15(16)14(8-12)11(5)6/h7-11H,1-6H3. The molecule has 1 rings (SSSR count). The van der Waals surface area contributed by atoms with Gasteiger partial charge in [0.05, 0.1) is 0 Å². The van der Waals surface area contributed by atoms with Crippen molar-refractivity contribution in [3.05, 3.63) is 28.8 Å². The zero-order chi connectivity index (χ0) is 12.5. The minimum atomic E-state index is 0.590. The van der Waals surface area contributed by atoms with E-state index < -0.39 is 0 Å². The molecule has 0 atom stereocenters. The molecule has 0 aliphatic rings. The molecule has 16 heavy (non-hydrogen) atoms. The van der Waals surface area contributed by atoms with Crippen LogP contribution >= 0.6 is 0 Å². The van der Waals surface area contributed by atoms with Crippen molar-refractivity contribution >= 4 is 20.5 Å². The fraction of sp³-hybridized carbons (Fsp3) is 0.600. The van der Waals surface area contributed by atoms with Crippen molar-refractivity contribution in [1.82, 2.24) is 0 Å². The molecule has 1 aromatic rings. The second kappa shape index (κ2) is 5.38. The van der Waals surface area contributed by atoms with Crippen molar-refractivity contribution in [2.75, 3.05) is 0 Å². The molecule has 1 heteroatoms. The summed E-state index contributed by atoms with van der Waals surface area (Å²) < 4.78 is 1.37. The molecule has 0 bridgehead atoms. The van der Waals surface area contributed by atoms with Crippen LogP contribution in [0.15, 0.2) is 12.1 Å². The molecule has 0 aromatic heterocycles. The normalized spacial score (nSPS) is 11.8. The van der Waals surface area contributed by atoms with E-state index in [1.54, 1.807) is 0 Å². The number of benzene rings is 1. The molecular formula is C15H23Se. The summed E-state index contributed by atoms with van der Waals surface area (Å²) in [5, 5.41) is 0. The van der Waals surface area contributed by atoms with Crippen LogP contribution in [0.1, 0.15) is 76.0 Å². The Morgan fingerprint density at radius 1 is 0.750 bits per heavy atom. The first kappa shape index (κ1) is 13.8. The van der Waals surface area contributed by atoms with Gasteiger partial charge in [0.15, 0.2) is 0 Å². The van der Waals surface area contributed by atoms with Crippen LogP contribution in [0, 0.1) is 0 Å². The maximum atomic E-state index is 3.27. The van der Waals surface area contributed by atoms with E-state index in [-0.39, 0.29) is 0 Å². The van der Waals surface area contributed by atoms with E-state index in [4.69, 9.17) is 0 Å². The predicted molar refractivity (Wildman–Crippen MR) is 74.1 cm³/mol. The van der Waals surface area contributed by atoms with Crippen molar-refractivity contribution in [1.29, 1.82) is 0 Å². The first-order chi connectivity index (χ1) is 7.34. The molecule has 0 N–H and O–H groups in total. The van der Waals surface area contributed by atoms with Crippen LogP contribution in [0.4, 0.5) is 0 Å². The molecule has 0 aliphatic carbocycles.